The average molecular weight is 523 g/mol. The third kappa shape index (κ3) is 5.77. The number of anilines is 1. The van der Waals surface area contributed by atoms with Gasteiger partial charge in [0.15, 0.2) is 5.78 Å². The van der Waals surface area contributed by atoms with Crippen LogP contribution in [-0.4, -0.2) is 46.8 Å². The second kappa shape index (κ2) is 10.3. The van der Waals surface area contributed by atoms with Gasteiger partial charge in [0.1, 0.15) is 22.1 Å². The smallest absolute Gasteiger partial charge is 0.265 e. The normalized spacial score (nSPS) is 14.2. The molecular weight excluding hydrogens is 492 g/mol. The van der Waals surface area contributed by atoms with E-state index in [0.717, 1.165) is 17.5 Å². The lowest BCUT2D eigenvalue weighted by molar-refractivity contribution is 0.100. The molecule has 1 aliphatic rings. The Hall–Kier alpha value is -3.85. The number of ether oxygens (including phenoxy) is 3. The number of nitrogens with one attached hydrogen (secondary N) is 1. The molecule has 0 aliphatic carbocycles. The molecule has 0 aromatic heterocycles. The van der Waals surface area contributed by atoms with Gasteiger partial charge in [0.05, 0.1) is 39.0 Å². The highest BCUT2D eigenvalue weighted by atomic mass is 32.2. The van der Waals surface area contributed by atoms with Crippen LogP contribution in [0.2, 0.25) is 0 Å². The number of fused-ring (bicyclic) bond motifs is 1. The Morgan fingerprint density at radius 2 is 1.65 bits per heavy atom. The van der Waals surface area contributed by atoms with Gasteiger partial charge >= 0.3 is 0 Å². The molecule has 8 nitrogen and oxygen atoms in total. The van der Waals surface area contributed by atoms with Gasteiger partial charge in [0, 0.05) is 22.9 Å². The molecule has 1 heterocycles. The first-order valence-corrected chi connectivity index (χ1v) is 13.2. The molecule has 1 aliphatic heterocycles. The van der Waals surface area contributed by atoms with E-state index >= 15 is 0 Å². The fourth-order valence-electron chi connectivity index (χ4n) is 4.39. The Morgan fingerprint density at radius 1 is 0.946 bits per heavy atom. The van der Waals surface area contributed by atoms with Crippen molar-refractivity contribution in [3.05, 3.63) is 77.4 Å². The lowest BCUT2D eigenvalue weighted by Gasteiger charge is -2.29. The molecule has 37 heavy (non-hydrogen) atoms. The number of hydrogen-bond acceptors (Lipinski definition) is 7. The van der Waals surface area contributed by atoms with Crippen LogP contribution in [0.15, 0.2) is 70.6 Å². The number of carbonyl (C=O) groups is 1. The van der Waals surface area contributed by atoms with E-state index in [2.05, 4.69) is 4.72 Å². The second-order valence-electron chi connectivity index (χ2n) is 9.37. The van der Waals surface area contributed by atoms with Gasteiger partial charge in [-0.1, -0.05) is 18.2 Å². The maximum Gasteiger partial charge on any atom is 0.265 e. The first kappa shape index (κ1) is 26.2. The molecule has 0 spiro atoms. The zero-order valence-corrected chi connectivity index (χ0v) is 22.3. The Balaban J connectivity index is 1.61. The molecular formula is C28H30N2O6S. The number of ketones is 1. The summed E-state index contributed by atoms with van der Waals surface area (Å²) in [6.07, 6.45) is 0.832. The van der Waals surface area contributed by atoms with Gasteiger partial charge in [-0.05, 0) is 62.2 Å². The molecule has 0 unspecified atom stereocenters. The Kier molecular flexibility index (Phi) is 7.27. The summed E-state index contributed by atoms with van der Waals surface area (Å²) in [4.78, 5) is 18.1. The topological polar surface area (TPSA) is 103 Å². The largest absolute Gasteiger partial charge is 0.497 e. The van der Waals surface area contributed by atoms with Gasteiger partial charge in [-0.3, -0.25) is 14.5 Å². The summed E-state index contributed by atoms with van der Waals surface area (Å²) in [5, 5.41) is 0. The fourth-order valence-corrected chi connectivity index (χ4v) is 5.62. The zero-order chi connectivity index (χ0) is 26.8. The molecule has 0 amide bonds. The van der Waals surface area contributed by atoms with Crippen LogP contribution in [0.4, 0.5) is 5.69 Å². The van der Waals surface area contributed by atoms with E-state index in [1.54, 1.807) is 31.4 Å². The van der Waals surface area contributed by atoms with Crippen LogP contribution in [0, 0.1) is 0 Å². The SMILES string of the molecule is COc1ccc2c(c1)C(CC(=O)c1cccc(NS(=O)(=O)c3cc(OC)ccc3OC)c1)=NC(C)(C)C2. The maximum absolute atomic E-state index is 13.3. The lowest BCUT2D eigenvalue weighted by atomic mass is 9.85. The van der Waals surface area contributed by atoms with E-state index < -0.39 is 10.0 Å². The van der Waals surface area contributed by atoms with Gasteiger partial charge in [-0.15, -0.1) is 0 Å². The van der Waals surface area contributed by atoms with Gasteiger partial charge in [-0.2, -0.15) is 0 Å². The van der Waals surface area contributed by atoms with E-state index in [9.17, 15) is 13.2 Å². The first-order valence-electron chi connectivity index (χ1n) is 11.7. The first-order chi connectivity index (χ1) is 17.5. The lowest BCUT2D eigenvalue weighted by Crippen LogP contribution is -2.30. The number of hydrogen-bond donors (Lipinski definition) is 1. The predicted molar refractivity (Wildman–Crippen MR) is 143 cm³/mol. The van der Waals surface area contributed by atoms with Crippen LogP contribution in [0.3, 0.4) is 0 Å². The molecule has 3 aromatic rings. The minimum absolute atomic E-state index is 0.0729. The van der Waals surface area contributed by atoms with Crippen molar-refractivity contribution in [2.24, 2.45) is 4.99 Å². The van der Waals surface area contributed by atoms with Crippen molar-refractivity contribution >= 4 is 27.2 Å². The summed E-state index contributed by atoms with van der Waals surface area (Å²) in [5.41, 5.74) is 2.97. The van der Waals surface area contributed by atoms with Gasteiger partial charge < -0.3 is 14.2 Å². The van der Waals surface area contributed by atoms with E-state index in [0.29, 0.717) is 22.8 Å². The highest BCUT2D eigenvalue weighted by molar-refractivity contribution is 7.92. The molecule has 4 rings (SSSR count). The van der Waals surface area contributed by atoms with Crippen molar-refractivity contribution in [2.75, 3.05) is 26.1 Å². The highest BCUT2D eigenvalue weighted by Crippen LogP contribution is 2.32. The van der Waals surface area contributed by atoms with E-state index in [4.69, 9.17) is 19.2 Å². The Morgan fingerprint density at radius 3 is 2.35 bits per heavy atom. The summed E-state index contributed by atoms with van der Waals surface area (Å²) < 4.78 is 44.6. The van der Waals surface area contributed by atoms with Gasteiger partial charge in [0.2, 0.25) is 0 Å². The predicted octanol–water partition coefficient (Wildman–Crippen LogP) is 4.91. The van der Waals surface area contributed by atoms with E-state index in [-0.39, 0.29) is 34.1 Å². The molecule has 194 valence electrons. The fraction of sp³-hybridized carbons (Fsp3) is 0.286. The summed E-state index contributed by atoms with van der Waals surface area (Å²) >= 11 is 0. The number of sulfonamides is 1. The number of aliphatic imine (C=N–C) groups is 1. The van der Waals surface area contributed by atoms with Gasteiger partial charge in [0.25, 0.3) is 10.0 Å². The molecule has 1 N–H and O–H groups in total. The molecule has 0 saturated carbocycles. The summed E-state index contributed by atoms with van der Waals surface area (Å²) in [5.74, 6) is 1.07. The number of methoxy groups -OCH3 is 3. The molecule has 9 heteroatoms. The molecule has 0 radical (unpaired) electrons. The van der Waals surface area contributed by atoms with Crippen LogP contribution in [0.25, 0.3) is 0 Å². The number of nitrogens with zero attached hydrogens (tertiary/aromatic N) is 1. The minimum Gasteiger partial charge on any atom is -0.497 e. The van der Waals surface area contributed by atoms with Crippen LogP contribution < -0.4 is 18.9 Å². The molecule has 0 atom stereocenters. The van der Waals surface area contributed by atoms with Crippen LogP contribution in [0.5, 0.6) is 17.2 Å². The van der Waals surface area contributed by atoms with Crippen molar-refractivity contribution in [1.82, 2.24) is 0 Å². The quantitative estimate of drug-likeness (QED) is 0.401. The number of benzene rings is 3. The zero-order valence-electron chi connectivity index (χ0n) is 21.5. The Bertz CT molecular complexity index is 1480. The number of carbonyl (C=O) groups excluding carboxylic acids is 1. The maximum atomic E-state index is 13.3. The summed E-state index contributed by atoms with van der Waals surface area (Å²) in [6, 6.07) is 16.7. The third-order valence-corrected chi connectivity index (χ3v) is 7.52. The van der Waals surface area contributed by atoms with Crippen molar-refractivity contribution in [1.29, 1.82) is 0 Å². The van der Waals surface area contributed by atoms with Crippen LogP contribution in [0.1, 0.15) is 41.8 Å². The second-order valence-corrected chi connectivity index (χ2v) is 11.0. The average Bonchev–Trinajstić information content (AvgIpc) is 2.87. The molecule has 3 aromatic carbocycles. The number of rotatable bonds is 9. The standard InChI is InChI=1S/C28H30N2O6S/c1-28(2)17-19-9-10-21(34-3)14-23(19)24(29-28)16-25(31)18-7-6-8-20(13-18)30-37(32,33)27-15-22(35-4)11-12-26(27)36-5/h6-15,30H,16-17H2,1-5H3. The monoisotopic (exact) mass is 522 g/mol. The van der Waals surface area contributed by atoms with Crippen molar-refractivity contribution < 1.29 is 27.4 Å². The summed E-state index contributed by atoms with van der Waals surface area (Å²) in [7, 11) is 0.419. The molecule has 0 bridgehead atoms. The Labute approximate surface area is 217 Å². The highest BCUT2D eigenvalue weighted by Gasteiger charge is 2.28. The van der Waals surface area contributed by atoms with Crippen LogP contribution >= 0.6 is 0 Å². The van der Waals surface area contributed by atoms with E-state index in [1.807, 2.05) is 32.0 Å². The van der Waals surface area contributed by atoms with Gasteiger partial charge in [-0.25, -0.2) is 8.42 Å². The molecule has 0 saturated heterocycles. The van der Waals surface area contributed by atoms with Crippen molar-refractivity contribution in [3.63, 3.8) is 0 Å². The summed E-state index contributed by atoms with van der Waals surface area (Å²) in [6.45, 7) is 4.07. The number of Topliss-reactive ketones (excluding diaryl/α,β-unsaturated/α-hetero) is 1. The van der Waals surface area contributed by atoms with Crippen molar-refractivity contribution in [3.8, 4) is 17.2 Å². The minimum atomic E-state index is -4.03. The van der Waals surface area contributed by atoms with Crippen LogP contribution in [-0.2, 0) is 16.4 Å². The third-order valence-electron chi connectivity index (χ3n) is 6.11. The van der Waals surface area contributed by atoms with Crippen molar-refractivity contribution in [2.45, 2.75) is 37.1 Å². The molecule has 0 fully saturated rings. The van der Waals surface area contributed by atoms with E-state index in [1.165, 1.54) is 32.4 Å².